The minimum atomic E-state index is -0.340. The third-order valence-corrected chi connectivity index (χ3v) is 4.30. The van der Waals surface area contributed by atoms with E-state index in [0.29, 0.717) is 34.0 Å². The zero-order valence-electron chi connectivity index (χ0n) is 14.5. The molecule has 0 bridgehead atoms. The first-order valence-corrected chi connectivity index (χ1v) is 8.55. The van der Waals surface area contributed by atoms with Crippen LogP contribution in [-0.2, 0) is 16.0 Å². The molecule has 0 spiro atoms. The van der Waals surface area contributed by atoms with Crippen LogP contribution < -0.4 is 4.74 Å². The first kappa shape index (κ1) is 18.0. The number of fused-ring (bicyclic) bond motifs is 1. The van der Waals surface area contributed by atoms with Crippen molar-refractivity contribution in [1.29, 1.82) is 0 Å². The Morgan fingerprint density at radius 3 is 2.50 bits per heavy atom. The second-order valence-electron chi connectivity index (χ2n) is 5.70. The molecule has 0 N–H and O–H groups in total. The van der Waals surface area contributed by atoms with Gasteiger partial charge in [-0.2, -0.15) is 0 Å². The highest BCUT2D eigenvalue weighted by molar-refractivity contribution is 6.30. The molecule has 26 heavy (non-hydrogen) atoms. The van der Waals surface area contributed by atoms with Gasteiger partial charge in [0.25, 0.3) is 5.91 Å². The van der Waals surface area contributed by atoms with Gasteiger partial charge in [0.05, 0.1) is 25.7 Å². The van der Waals surface area contributed by atoms with E-state index in [2.05, 4.69) is 0 Å². The van der Waals surface area contributed by atoms with Crippen molar-refractivity contribution in [3.8, 4) is 5.75 Å². The maximum atomic E-state index is 12.9. The maximum Gasteiger partial charge on any atom is 0.310 e. The average Bonchev–Trinajstić information content (AvgIpc) is 2.99. The first-order valence-electron chi connectivity index (χ1n) is 8.17. The fraction of sp³-hybridized carbons (Fsp3) is 0.200. The first-order chi connectivity index (χ1) is 12.5. The smallest absolute Gasteiger partial charge is 0.310 e. The molecule has 0 saturated carbocycles. The van der Waals surface area contributed by atoms with E-state index < -0.39 is 0 Å². The predicted molar refractivity (Wildman–Crippen MR) is 100 cm³/mol. The van der Waals surface area contributed by atoms with Gasteiger partial charge in [-0.05, 0) is 55.0 Å². The molecule has 0 atom stereocenters. The minimum Gasteiger partial charge on any atom is -0.497 e. The van der Waals surface area contributed by atoms with Crippen molar-refractivity contribution in [3.05, 3.63) is 64.8 Å². The van der Waals surface area contributed by atoms with Crippen LogP contribution in [0.3, 0.4) is 0 Å². The molecule has 6 heteroatoms. The van der Waals surface area contributed by atoms with Crippen LogP contribution in [0.25, 0.3) is 10.9 Å². The van der Waals surface area contributed by atoms with E-state index in [1.54, 1.807) is 56.6 Å². The van der Waals surface area contributed by atoms with Crippen molar-refractivity contribution in [3.63, 3.8) is 0 Å². The molecule has 5 nitrogen and oxygen atoms in total. The summed E-state index contributed by atoms with van der Waals surface area (Å²) < 4.78 is 11.8. The number of esters is 1. The lowest BCUT2D eigenvalue weighted by atomic mass is 10.1. The van der Waals surface area contributed by atoms with Crippen LogP contribution in [-0.4, -0.2) is 30.2 Å². The Labute approximate surface area is 156 Å². The molecule has 1 aromatic heterocycles. The Balaban J connectivity index is 2.08. The molecule has 0 aliphatic rings. The Hall–Kier alpha value is -2.79. The highest BCUT2D eigenvalue weighted by atomic mass is 35.5. The summed E-state index contributed by atoms with van der Waals surface area (Å²) in [6.45, 7) is 2.07. The third-order valence-electron chi connectivity index (χ3n) is 4.04. The van der Waals surface area contributed by atoms with Crippen molar-refractivity contribution >= 4 is 34.4 Å². The van der Waals surface area contributed by atoms with Crippen LogP contribution in [0.2, 0.25) is 5.02 Å². The quantitative estimate of drug-likeness (QED) is 0.634. The Morgan fingerprint density at radius 2 is 1.85 bits per heavy atom. The molecule has 0 fully saturated rings. The van der Waals surface area contributed by atoms with Crippen molar-refractivity contribution < 1.29 is 19.1 Å². The summed E-state index contributed by atoms with van der Waals surface area (Å²) >= 11 is 5.90. The minimum absolute atomic E-state index is 0.0818. The normalized spacial score (nSPS) is 10.7. The molecule has 3 aromatic rings. The van der Waals surface area contributed by atoms with Gasteiger partial charge in [0, 0.05) is 22.2 Å². The fourth-order valence-corrected chi connectivity index (χ4v) is 2.94. The largest absolute Gasteiger partial charge is 0.497 e. The molecule has 0 radical (unpaired) electrons. The van der Waals surface area contributed by atoms with Crippen molar-refractivity contribution in [2.75, 3.05) is 13.7 Å². The standard InChI is InChI=1S/C20H18ClNO4/c1-3-26-19(23)10-14-12-22(18-9-8-16(25-2)11-17(14)18)20(24)13-4-6-15(21)7-5-13/h4-9,11-12H,3,10H2,1-2H3. The molecule has 0 aliphatic heterocycles. The number of methoxy groups -OCH3 is 1. The van der Waals surface area contributed by atoms with E-state index in [4.69, 9.17) is 21.1 Å². The van der Waals surface area contributed by atoms with Crippen LogP contribution in [0, 0.1) is 0 Å². The van der Waals surface area contributed by atoms with Gasteiger partial charge in [-0.1, -0.05) is 11.6 Å². The lowest BCUT2D eigenvalue weighted by Crippen LogP contribution is -2.11. The van der Waals surface area contributed by atoms with Crippen molar-refractivity contribution in [1.82, 2.24) is 4.57 Å². The second kappa shape index (κ2) is 7.62. The zero-order valence-corrected chi connectivity index (χ0v) is 15.2. The molecule has 0 saturated heterocycles. The number of rotatable bonds is 5. The van der Waals surface area contributed by atoms with Gasteiger partial charge in [-0.25, -0.2) is 0 Å². The molecule has 0 unspecified atom stereocenters. The van der Waals surface area contributed by atoms with E-state index in [1.165, 1.54) is 4.57 Å². The van der Waals surface area contributed by atoms with Gasteiger partial charge < -0.3 is 9.47 Å². The molecular weight excluding hydrogens is 354 g/mol. The number of carbonyl (C=O) groups is 2. The fourth-order valence-electron chi connectivity index (χ4n) is 2.81. The predicted octanol–water partition coefficient (Wildman–Crippen LogP) is 4.10. The Kier molecular flexibility index (Phi) is 5.28. The molecule has 2 aromatic carbocycles. The summed E-state index contributed by atoms with van der Waals surface area (Å²) in [5.74, 6) is 0.111. The van der Waals surface area contributed by atoms with Crippen LogP contribution in [0.15, 0.2) is 48.7 Å². The van der Waals surface area contributed by atoms with E-state index in [0.717, 1.165) is 5.39 Å². The number of hydrogen-bond acceptors (Lipinski definition) is 4. The van der Waals surface area contributed by atoms with Gasteiger partial charge in [-0.15, -0.1) is 0 Å². The SMILES string of the molecule is CCOC(=O)Cc1cn(C(=O)c2ccc(Cl)cc2)c2ccc(OC)cc12. The monoisotopic (exact) mass is 371 g/mol. The van der Waals surface area contributed by atoms with Crippen molar-refractivity contribution in [2.24, 2.45) is 0 Å². The molecule has 3 rings (SSSR count). The lowest BCUT2D eigenvalue weighted by Gasteiger charge is -2.05. The van der Waals surface area contributed by atoms with Gasteiger partial charge >= 0.3 is 5.97 Å². The second-order valence-corrected chi connectivity index (χ2v) is 6.14. The number of aromatic nitrogens is 1. The number of ether oxygens (including phenoxy) is 2. The molecule has 1 heterocycles. The molecule has 134 valence electrons. The lowest BCUT2D eigenvalue weighted by molar-refractivity contribution is -0.142. The molecule has 0 amide bonds. The van der Waals surface area contributed by atoms with Crippen molar-refractivity contribution in [2.45, 2.75) is 13.3 Å². The average molecular weight is 372 g/mol. The highest BCUT2D eigenvalue weighted by Crippen LogP contribution is 2.27. The van der Waals surface area contributed by atoms with E-state index in [-0.39, 0.29) is 18.3 Å². The third kappa shape index (κ3) is 3.58. The van der Waals surface area contributed by atoms with Gasteiger partial charge in [0.2, 0.25) is 0 Å². The van der Waals surface area contributed by atoms with Crippen LogP contribution in [0.4, 0.5) is 0 Å². The van der Waals surface area contributed by atoms with Crippen LogP contribution in [0.5, 0.6) is 5.75 Å². The summed E-state index contributed by atoms with van der Waals surface area (Å²) in [6.07, 6.45) is 1.76. The summed E-state index contributed by atoms with van der Waals surface area (Å²) in [6, 6.07) is 12.1. The summed E-state index contributed by atoms with van der Waals surface area (Å²) in [5, 5.41) is 1.34. The summed E-state index contributed by atoms with van der Waals surface area (Å²) in [5.41, 5.74) is 1.91. The number of hydrogen-bond donors (Lipinski definition) is 0. The number of benzene rings is 2. The molecule has 0 aliphatic carbocycles. The number of carbonyl (C=O) groups excluding carboxylic acids is 2. The van der Waals surface area contributed by atoms with E-state index in [9.17, 15) is 9.59 Å². The van der Waals surface area contributed by atoms with Gasteiger partial charge in [0.1, 0.15) is 5.75 Å². The van der Waals surface area contributed by atoms with E-state index >= 15 is 0 Å². The maximum absolute atomic E-state index is 12.9. The summed E-state index contributed by atoms with van der Waals surface area (Å²) in [7, 11) is 1.57. The topological polar surface area (TPSA) is 57.5 Å². The van der Waals surface area contributed by atoms with Gasteiger partial charge in [0.15, 0.2) is 0 Å². The van der Waals surface area contributed by atoms with Gasteiger partial charge in [-0.3, -0.25) is 14.2 Å². The Morgan fingerprint density at radius 1 is 1.12 bits per heavy atom. The molecular formula is C20H18ClNO4. The van der Waals surface area contributed by atoms with Crippen LogP contribution >= 0.6 is 11.6 Å². The Bertz CT molecular complexity index is 960. The number of nitrogens with zero attached hydrogens (tertiary/aromatic N) is 1. The zero-order chi connectivity index (χ0) is 18.7. The summed E-state index contributed by atoms with van der Waals surface area (Å²) in [4.78, 5) is 24.9. The van der Waals surface area contributed by atoms with E-state index in [1.807, 2.05) is 6.07 Å². The van der Waals surface area contributed by atoms with Crippen LogP contribution in [0.1, 0.15) is 22.8 Å². The highest BCUT2D eigenvalue weighted by Gasteiger charge is 2.18. The number of halogens is 1.